The number of piperidine rings is 3. The van der Waals surface area contributed by atoms with Crippen molar-refractivity contribution in [1.82, 2.24) is 23.7 Å². The quantitative estimate of drug-likeness (QED) is 0.0943. The predicted molar refractivity (Wildman–Crippen MR) is 265 cm³/mol. The van der Waals surface area contributed by atoms with E-state index in [1.165, 1.54) is 9.13 Å². The fraction of sp³-hybridized carbons (Fsp3) is 0.417. The van der Waals surface area contributed by atoms with Gasteiger partial charge < -0.3 is 30.1 Å². The monoisotopic (exact) mass is 1020 g/mol. The molecule has 4 aliphatic heterocycles. The van der Waals surface area contributed by atoms with Gasteiger partial charge >= 0.3 is 23.7 Å². The molecule has 2 atom stereocenters. The van der Waals surface area contributed by atoms with Crippen LogP contribution in [0.5, 0.6) is 5.75 Å². The summed E-state index contributed by atoms with van der Waals surface area (Å²) in [5, 5.41) is 24.7. The summed E-state index contributed by atoms with van der Waals surface area (Å²) in [4.78, 5) is 80.8. The molecule has 4 aliphatic rings. The number of aromatic carboxylic acids is 1. The molecule has 0 saturated carbocycles. The van der Waals surface area contributed by atoms with Crippen LogP contribution in [0.2, 0.25) is 5.02 Å². The van der Waals surface area contributed by atoms with E-state index in [1.807, 2.05) is 55.1 Å². The molecule has 5 aromatic rings. The number of ether oxygens (including phenoxy) is 1. The topological polar surface area (TPSA) is 233 Å². The highest BCUT2D eigenvalue weighted by molar-refractivity contribution is 7.88. The van der Waals surface area contributed by atoms with Crippen LogP contribution in [-0.2, 0) is 37.2 Å². The van der Waals surface area contributed by atoms with Gasteiger partial charge in [0, 0.05) is 80.9 Å². The lowest BCUT2D eigenvalue weighted by molar-refractivity contribution is -0.139. The Morgan fingerprint density at radius 1 is 0.900 bits per heavy atom. The summed E-state index contributed by atoms with van der Waals surface area (Å²) in [6.45, 7) is 5.68. The largest absolute Gasteiger partial charge is 0.479 e. The molecule has 2 aromatic heterocycles. The second kappa shape index (κ2) is 19.1. The van der Waals surface area contributed by atoms with Crippen molar-refractivity contribution in [3.63, 3.8) is 0 Å². The van der Waals surface area contributed by atoms with Gasteiger partial charge in [0.25, 0.3) is 0 Å². The van der Waals surface area contributed by atoms with Gasteiger partial charge in [0.1, 0.15) is 11.1 Å². The fourth-order valence-corrected chi connectivity index (χ4v) is 13.8. The van der Waals surface area contributed by atoms with Crippen LogP contribution in [0.4, 0.5) is 21.9 Å². The van der Waals surface area contributed by atoms with Crippen molar-refractivity contribution in [3.8, 4) is 16.2 Å². The smallest absolute Gasteiger partial charge is 0.349 e. The van der Waals surface area contributed by atoms with Crippen molar-refractivity contribution < 1.29 is 47.3 Å². The third-order valence-corrected chi connectivity index (χ3v) is 17.5. The van der Waals surface area contributed by atoms with Crippen molar-refractivity contribution in [2.24, 2.45) is 7.05 Å². The Morgan fingerprint density at radius 3 is 2.37 bits per heavy atom. The van der Waals surface area contributed by atoms with E-state index in [9.17, 15) is 42.3 Å². The number of nitrogens with zero attached hydrogens (tertiary/aromatic N) is 6. The zero-order valence-electron chi connectivity index (χ0n) is 38.7. The van der Waals surface area contributed by atoms with Crippen molar-refractivity contribution in [2.45, 2.75) is 81.8 Å². The number of hydrogen-bond acceptors (Lipinski definition) is 12. The molecule has 0 bridgehead atoms. The molecule has 22 heteroatoms. The second-order valence-corrected chi connectivity index (χ2v) is 22.1. The number of urea groups is 1. The van der Waals surface area contributed by atoms with Crippen LogP contribution in [0.15, 0.2) is 71.5 Å². The average Bonchev–Trinajstić information content (AvgIpc) is 3.94. The number of aryl methyl sites for hydroxylation is 1. The van der Waals surface area contributed by atoms with Gasteiger partial charge in [-0.25, -0.2) is 27.6 Å². The van der Waals surface area contributed by atoms with Gasteiger partial charge in [-0.3, -0.25) is 28.9 Å². The lowest BCUT2D eigenvalue weighted by Gasteiger charge is -2.45. The van der Waals surface area contributed by atoms with E-state index in [1.54, 1.807) is 46.6 Å². The standard InChI is InChI=1S/C48H53ClN8O11S2/c1-48(2)25-31(50-30-8-5-7-29(23-30)42-40(49)41(68-26-39(59)60)43(69-42)45(62)63)14-19-56(48)70(66,67)27-28-6-4-9-34(22-28)55-21-20-54(47(55)65)32-15-17-53(18-16-32)33-10-11-35-37(24-33)52(3)46(64)57(35)36-12-13-38(58)51-44(36)61/h4-11,22-24,31-32,36,50H,12-21,25-27H2,1-3H3,(H,59,60)(H,62,63)(H,51,58,61)/t31-,36?/m0/s1. The van der Waals surface area contributed by atoms with E-state index in [-0.39, 0.29) is 70.5 Å². The molecule has 0 spiro atoms. The lowest BCUT2D eigenvalue weighted by atomic mass is 9.89. The number of aromatic nitrogens is 2. The normalized spacial score (nSPS) is 20.3. The Labute approximate surface area is 412 Å². The Hall–Kier alpha value is -6.42. The molecule has 370 valence electrons. The van der Waals surface area contributed by atoms with Crippen molar-refractivity contribution in [1.29, 1.82) is 0 Å². The number of carbonyl (C=O) groups is 5. The van der Waals surface area contributed by atoms with E-state index in [4.69, 9.17) is 21.4 Å². The maximum absolute atomic E-state index is 14.2. The van der Waals surface area contributed by atoms with Crippen LogP contribution >= 0.6 is 22.9 Å². The number of nitrogens with one attached hydrogen (secondary N) is 2. The third-order valence-electron chi connectivity index (χ3n) is 13.8. The van der Waals surface area contributed by atoms with E-state index in [0.29, 0.717) is 77.4 Å². The Kier molecular flexibility index (Phi) is 13.2. The van der Waals surface area contributed by atoms with Crippen molar-refractivity contribution in [2.75, 3.05) is 54.4 Å². The summed E-state index contributed by atoms with van der Waals surface area (Å²) < 4.78 is 38.1. The molecule has 6 heterocycles. The molecular formula is C48H53ClN8O11S2. The van der Waals surface area contributed by atoms with Gasteiger partial charge in [0.15, 0.2) is 17.2 Å². The maximum Gasteiger partial charge on any atom is 0.349 e. The summed E-state index contributed by atoms with van der Waals surface area (Å²) in [6, 6.07) is 19.1. The number of thiophene rings is 1. The van der Waals surface area contributed by atoms with E-state index in [0.717, 1.165) is 29.9 Å². The van der Waals surface area contributed by atoms with Gasteiger partial charge in [0.2, 0.25) is 21.8 Å². The molecule has 4 fully saturated rings. The van der Waals surface area contributed by atoms with Crippen molar-refractivity contribution in [3.05, 3.63) is 92.7 Å². The molecule has 70 heavy (non-hydrogen) atoms. The number of amides is 4. The molecule has 9 rings (SSSR count). The van der Waals surface area contributed by atoms with E-state index in [2.05, 4.69) is 15.5 Å². The van der Waals surface area contributed by atoms with Crippen molar-refractivity contribution >= 4 is 90.8 Å². The summed E-state index contributed by atoms with van der Waals surface area (Å²) in [5.41, 5.74) is 3.67. The number of aliphatic carboxylic acids is 1. The number of fused-ring (bicyclic) bond motifs is 1. The highest BCUT2D eigenvalue weighted by atomic mass is 35.5. The van der Waals surface area contributed by atoms with Gasteiger partial charge in [-0.15, -0.1) is 11.3 Å². The second-order valence-electron chi connectivity index (χ2n) is 18.8. The molecule has 0 radical (unpaired) electrons. The van der Waals surface area contributed by atoms with Crippen LogP contribution in [-0.4, -0.2) is 124 Å². The summed E-state index contributed by atoms with van der Waals surface area (Å²) in [5.74, 6) is -3.84. The summed E-state index contributed by atoms with van der Waals surface area (Å²) >= 11 is 7.42. The molecule has 4 amide bonds. The number of carbonyl (C=O) groups excluding carboxylic acids is 3. The number of rotatable bonds is 14. The molecule has 4 saturated heterocycles. The Morgan fingerprint density at radius 2 is 1.66 bits per heavy atom. The summed E-state index contributed by atoms with van der Waals surface area (Å²) in [6.07, 6.45) is 2.88. The molecule has 1 unspecified atom stereocenters. The zero-order chi connectivity index (χ0) is 49.8. The van der Waals surface area contributed by atoms with Gasteiger partial charge in [0.05, 0.1) is 21.7 Å². The summed E-state index contributed by atoms with van der Waals surface area (Å²) in [7, 11) is -2.14. The predicted octanol–water partition coefficient (Wildman–Crippen LogP) is 5.96. The molecular weight excluding hydrogens is 964 g/mol. The maximum atomic E-state index is 14.2. The first-order valence-corrected chi connectivity index (χ1v) is 25.8. The fourth-order valence-electron chi connectivity index (χ4n) is 10.4. The zero-order valence-corrected chi connectivity index (χ0v) is 41.1. The third kappa shape index (κ3) is 9.46. The Balaban J connectivity index is 0.803. The highest BCUT2D eigenvalue weighted by Crippen LogP contribution is 2.46. The van der Waals surface area contributed by atoms with Crippen LogP contribution in [0, 0.1) is 0 Å². The van der Waals surface area contributed by atoms with Crippen LogP contribution in [0.3, 0.4) is 0 Å². The molecule has 19 nitrogen and oxygen atoms in total. The van der Waals surface area contributed by atoms with Gasteiger partial charge in [-0.1, -0.05) is 35.9 Å². The SMILES string of the molecule is Cn1c(=O)n(C2CCC(=O)NC2=O)c2ccc(N3CCC(N4CCN(c5cccc(CS(=O)(=O)N6CC[C@H](Nc7cccc(-c8sc(C(=O)O)c(OCC(=O)O)c8Cl)c7)CC6(C)C)c5)C4=O)CC3)cc21. The van der Waals surface area contributed by atoms with E-state index < -0.39 is 46.1 Å². The number of halogens is 1. The first-order valence-electron chi connectivity index (χ1n) is 23.0. The van der Waals surface area contributed by atoms with Crippen LogP contribution in [0.25, 0.3) is 21.5 Å². The van der Waals surface area contributed by atoms with E-state index >= 15 is 0 Å². The molecule has 0 aliphatic carbocycles. The van der Waals surface area contributed by atoms with Crippen LogP contribution < -0.4 is 30.9 Å². The first kappa shape index (κ1) is 48.6. The minimum absolute atomic E-state index is 0.000437. The minimum Gasteiger partial charge on any atom is -0.479 e. The minimum atomic E-state index is -3.81. The van der Waals surface area contributed by atoms with Crippen LogP contribution in [0.1, 0.15) is 73.6 Å². The number of benzene rings is 3. The first-order chi connectivity index (χ1) is 33.3. The number of hydrogen-bond donors (Lipinski definition) is 4. The molecule has 4 N–H and O–H groups in total. The lowest BCUT2D eigenvalue weighted by Crippen LogP contribution is -2.55. The number of carboxylic acids is 2. The van der Waals surface area contributed by atoms with Gasteiger partial charge in [-0.2, -0.15) is 4.31 Å². The number of sulfonamides is 1. The number of imide groups is 1. The number of anilines is 3. The number of carboxylic acid groups (broad SMARTS) is 2. The average molecular weight is 1020 g/mol. The van der Waals surface area contributed by atoms with Gasteiger partial charge in [-0.05, 0) is 99.5 Å². The highest BCUT2D eigenvalue weighted by Gasteiger charge is 2.42. The molecule has 3 aromatic carbocycles. The Bertz CT molecular complexity index is 3110. The number of imidazole rings is 1.